The molecule has 1 aliphatic heterocycles. The third-order valence-electron chi connectivity index (χ3n) is 6.58. The second-order valence-corrected chi connectivity index (χ2v) is 7.48. The molecule has 2 aromatic carbocycles. The smallest absolute Gasteiger partial charge is 0.102 e. The number of hydroxylamine groups is 2. The summed E-state index contributed by atoms with van der Waals surface area (Å²) in [5, 5.41) is 2.39. The van der Waals surface area contributed by atoms with Crippen molar-refractivity contribution < 1.29 is 4.84 Å². The molecule has 0 aliphatic carbocycles. The molecule has 0 radical (unpaired) electrons. The molecule has 0 amide bonds. The largest absolute Gasteiger partial charge is 0.289 e. The Bertz CT molecular complexity index is 677. The van der Waals surface area contributed by atoms with Gasteiger partial charge >= 0.3 is 0 Å². The van der Waals surface area contributed by atoms with E-state index in [0.29, 0.717) is 0 Å². The monoisotopic (exact) mass is 351 g/mol. The Balaban J connectivity index is 2.10. The lowest BCUT2D eigenvalue weighted by Gasteiger charge is -2.46. The van der Waals surface area contributed by atoms with Gasteiger partial charge in [0, 0.05) is 0 Å². The van der Waals surface area contributed by atoms with Crippen LogP contribution < -0.4 is 0 Å². The van der Waals surface area contributed by atoms with Crippen LogP contribution in [-0.2, 0) is 15.9 Å². The summed E-state index contributed by atoms with van der Waals surface area (Å²) in [6.07, 6.45) is 4.21. The molecule has 0 spiro atoms. The van der Waals surface area contributed by atoms with Gasteiger partial charge in [0.25, 0.3) is 0 Å². The molecular weight excluding hydrogens is 318 g/mol. The van der Waals surface area contributed by atoms with Crippen LogP contribution in [0.1, 0.15) is 83.1 Å². The molecule has 0 saturated heterocycles. The van der Waals surface area contributed by atoms with E-state index in [1.807, 2.05) is 0 Å². The van der Waals surface area contributed by atoms with Gasteiger partial charge in [0.15, 0.2) is 0 Å². The fraction of sp³-hybridized carbons (Fsp3) is 0.500. The van der Waals surface area contributed by atoms with Crippen molar-refractivity contribution in [3.63, 3.8) is 0 Å². The van der Waals surface area contributed by atoms with E-state index >= 15 is 0 Å². The summed E-state index contributed by atoms with van der Waals surface area (Å²) in [5.74, 6) is 0. The third kappa shape index (κ3) is 2.71. The van der Waals surface area contributed by atoms with Gasteiger partial charge in [0.1, 0.15) is 6.10 Å². The van der Waals surface area contributed by atoms with Crippen molar-refractivity contribution in [1.82, 2.24) is 5.06 Å². The molecule has 0 bridgehead atoms. The topological polar surface area (TPSA) is 12.5 Å². The number of rotatable bonds is 7. The summed E-state index contributed by atoms with van der Waals surface area (Å²) in [6.45, 7) is 11.4. The summed E-state index contributed by atoms with van der Waals surface area (Å²) in [6, 6.07) is 19.6. The Morgan fingerprint density at radius 1 is 0.731 bits per heavy atom. The van der Waals surface area contributed by atoms with Gasteiger partial charge in [0.05, 0.1) is 11.1 Å². The first-order valence-electron chi connectivity index (χ1n) is 10.2. The van der Waals surface area contributed by atoms with Crippen molar-refractivity contribution in [3.8, 4) is 0 Å². The SMILES string of the molecule is CCC1(CC)c2ccccc2C(CC)(CC)N1OC(C)c1ccccc1. The number of fused-ring (bicyclic) bond motifs is 1. The number of hydrogen-bond donors (Lipinski definition) is 0. The van der Waals surface area contributed by atoms with Gasteiger partial charge < -0.3 is 0 Å². The Labute approximate surface area is 159 Å². The van der Waals surface area contributed by atoms with Gasteiger partial charge in [0.2, 0.25) is 0 Å². The van der Waals surface area contributed by atoms with Crippen LogP contribution in [0.25, 0.3) is 0 Å². The van der Waals surface area contributed by atoms with Crippen LogP contribution in [0.3, 0.4) is 0 Å². The van der Waals surface area contributed by atoms with E-state index in [1.165, 1.54) is 16.7 Å². The molecule has 0 fully saturated rings. The van der Waals surface area contributed by atoms with Crippen molar-refractivity contribution in [1.29, 1.82) is 0 Å². The predicted molar refractivity (Wildman–Crippen MR) is 109 cm³/mol. The average Bonchev–Trinajstić information content (AvgIpc) is 2.94. The molecule has 2 aromatic rings. The lowest BCUT2D eigenvalue weighted by Crippen LogP contribution is -2.50. The van der Waals surface area contributed by atoms with Crippen molar-refractivity contribution in [2.45, 2.75) is 77.5 Å². The molecule has 2 heteroatoms. The fourth-order valence-electron chi connectivity index (χ4n) is 4.90. The van der Waals surface area contributed by atoms with Crippen molar-refractivity contribution in [2.24, 2.45) is 0 Å². The van der Waals surface area contributed by atoms with Gasteiger partial charge in [-0.25, -0.2) is 0 Å². The van der Waals surface area contributed by atoms with E-state index in [0.717, 1.165) is 25.7 Å². The van der Waals surface area contributed by atoms with Gasteiger partial charge in [-0.15, -0.1) is 0 Å². The minimum Gasteiger partial charge on any atom is -0.289 e. The first kappa shape index (κ1) is 19.1. The average molecular weight is 352 g/mol. The van der Waals surface area contributed by atoms with E-state index in [4.69, 9.17) is 4.84 Å². The van der Waals surface area contributed by atoms with Crippen molar-refractivity contribution in [2.75, 3.05) is 0 Å². The fourth-order valence-corrected chi connectivity index (χ4v) is 4.90. The summed E-state index contributed by atoms with van der Waals surface area (Å²) in [4.78, 5) is 6.81. The molecule has 1 aliphatic rings. The van der Waals surface area contributed by atoms with E-state index in [1.54, 1.807) is 0 Å². The molecule has 0 aromatic heterocycles. The van der Waals surface area contributed by atoms with Crippen LogP contribution in [-0.4, -0.2) is 5.06 Å². The van der Waals surface area contributed by atoms with E-state index in [9.17, 15) is 0 Å². The van der Waals surface area contributed by atoms with Crippen LogP contribution in [0.4, 0.5) is 0 Å². The molecular formula is C24H33NO. The lowest BCUT2D eigenvalue weighted by atomic mass is 9.83. The number of nitrogens with zero attached hydrogens (tertiary/aromatic N) is 1. The standard InChI is InChI=1S/C24H33NO/c1-6-23(7-2)21-17-13-14-18-22(21)24(8-3,9-4)25(23)26-19(5)20-15-11-10-12-16-20/h10-19H,6-9H2,1-5H3. The van der Waals surface area contributed by atoms with E-state index in [2.05, 4.69) is 94.3 Å². The van der Waals surface area contributed by atoms with Crippen LogP contribution in [0.15, 0.2) is 54.6 Å². The van der Waals surface area contributed by atoms with Crippen LogP contribution in [0.2, 0.25) is 0 Å². The summed E-state index contributed by atoms with van der Waals surface area (Å²) < 4.78 is 0. The molecule has 2 nitrogen and oxygen atoms in total. The van der Waals surface area contributed by atoms with Crippen molar-refractivity contribution >= 4 is 0 Å². The summed E-state index contributed by atoms with van der Waals surface area (Å²) in [5.41, 5.74) is 4.01. The molecule has 0 N–H and O–H groups in total. The maximum absolute atomic E-state index is 6.81. The molecule has 1 heterocycles. The maximum atomic E-state index is 6.81. The second kappa shape index (κ2) is 7.54. The Morgan fingerprint density at radius 3 is 1.58 bits per heavy atom. The first-order chi connectivity index (χ1) is 12.6. The minimum atomic E-state index is -0.0638. The normalized spacial score (nSPS) is 19.3. The molecule has 140 valence electrons. The zero-order chi connectivity index (χ0) is 18.8. The van der Waals surface area contributed by atoms with Gasteiger partial charge in [-0.3, -0.25) is 4.84 Å². The quantitative estimate of drug-likeness (QED) is 0.548. The number of hydrogen-bond acceptors (Lipinski definition) is 2. The summed E-state index contributed by atoms with van der Waals surface area (Å²) >= 11 is 0. The van der Waals surface area contributed by atoms with Crippen LogP contribution in [0, 0.1) is 0 Å². The highest BCUT2D eigenvalue weighted by Gasteiger charge is 2.56. The van der Waals surface area contributed by atoms with Crippen LogP contribution >= 0.6 is 0 Å². The van der Waals surface area contributed by atoms with E-state index in [-0.39, 0.29) is 17.2 Å². The molecule has 1 atom stereocenters. The highest BCUT2D eigenvalue weighted by Crippen LogP contribution is 2.56. The van der Waals surface area contributed by atoms with E-state index < -0.39 is 0 Å². The Kier molecular flexibility index (Phi) is 5.55. The zero-order valence-electron chi connectivity index (χ0n) is 17.0. The first-order valence-corrected chi connectivity index (χ1v) is 10.2. The van der Waals surface area contributed by atoms with Gasteiger partial charge in [-0.1, -0.05) is 82.3 Å². The molecule has 1 unspecified atom stereocenters. The van der Waals surface area contributed by atoms with Crippen LogP contribution in [0.5, 0.6) is 0 Å². The molecule has 26 heavy (non-hydrogen) atoms. The molecule has 0 saturated carbocycles. The summed E-state index contributed by atoms with van der Waals surface area (Å²) in [7, 11) is 0. The Morgan fingerprint density at radius 2 is 1.15 bits per heavy atom. The third-order valence-corrected chi connectivity index (χ3v) is 6.58. The lowest BCUT2D eigenvalue weighted by molar-refractivity contribution is -0.305. The predicted octanol–water partition coefficient (Wildman–Crippen LogP) is 6.73. The molecule has 3 rings (SSSR count). The second-order valence-electron chi connectivity index (χ2n) is 7.48. The highest BCUT2D eigenvalue weighted by atomic mass is 16.7. The van der Waals surface area contributed by atoms with Gasteiger partial charge in [-0.05, 0) is 49.3 Å². The highest BCUT2D eigenvalue weighted by molar-refractivity contribution is 5.44. The zero-order valence-corrected chi connectivity index (χ0v) is 17.0. The number of benzene rings is 2. The minimum absolute atomic E-state index is 0.0282. The van der Waals surface area contributed by atoms with Gasteiger partial charge in [-0.2, -0.15) is 5.06 Å². The Hall–Kier alpha value is -1.64. The van der Waals surface area contributed by atoms with Crippen molar-refractivity contribution in [3.05, 3.63) is 71.3 Å². The maximum Gasteiger partial charge on any atom is 0.102 e.